The highest BCUT2D eigenvalue weighted by Crippen LogP contribution is 2.36. The Bertz CT molecular complexity index is 1000. The van der Waals surface area contributed by atoms with Gasteiger partial charge in [0, 0.05) is 6.04 Å². The molecule has 0 unspecified atom stereocenters. The number of aryl methyl sites for hydroxylation is 2. The number of amides is 1. The third kappa shape index (κ3) is 4.57. The fourth-order valence-corrected chi connectivity index (χ4v) is 5.17. The molecule has 0 atom stereocenters. The molecule has 1 aromatic carbocycles. The van der Waals surface area contributed by atoms with Crippen LogP contribution in [-0.2, 0) is 4.79 Å². The van der Waals surface area contributed by atoms with Crippen LogP contribution in [0.1, 0.15) is 49.3 Å². The molecule has 1 saturated carbocycles. The summed E-state index contributed by atoms with van der Waals surface area (Å²) >= 11 is 7.72. The molecular formula is C22H25ClN4O2S. The molecule has 30 heavy (non-hydrogen) atoms. The van der Waals surface area contributed by atoms with Crippen molar-refractivity contribution in [3.8, 4) is 11.6 Å². The summed E-state index contributed by atoms with van der Waals surface area (Å²) in [4.78, 5) is 12.6. The van der Waals surface area contributed by atoms with E-state index in [1.54, 1.807) is 6.26 Å². The third-order valence-electron chi connectivity index (χ3n) is 5.37. The monoisotopic (exact) mass is 444 g/mol. The summed E-state index contributed by atoms with van der Waals surface area (Å²) in [5.41, 5.74) is 2.68. The maximum Gasteiger partial charge on any atom is 0.234 e. The summed E-state index contributed by atoms with van der Waals surface area (Å²) in [5.74, 6) is 1.54. The maximum absolute atomic E-state index is 12.6. The molecule has 1 amide bonds. The molecule has 0 spiro atoms. The first kappa shape index (κ1) is 21.0. The zero-order chi connectivity index (χ0) is 21.1. The number of nitrogens with one attached hydrogen (secondary N) is 1. The second-order valence-corrected chi connectivity index (χ2v) is 9.07. The van der Waals surface area contributed by atoms with Gasteiger partial charge in [-0.3, -0.25) is 9.36 Å². The van der Waals surface area contributed by atoms with E-state index in [2.05, 4.69) is 20.1 Å². The second kappa shape index (κ2) is 9.27. The van der Waals surface area contributed by atoms with Gasteiger partial charge in [-0.1, -0.05) is 48.7 Å². The number of benzene rings is 1. The number of halogens is 1. The van der Waals surface area contributed by atoms with Crippen LogP contribution in [0.25, 0.3) is 11.6 Å². The van der Waals surface area contributed by atoms with Gasteiger partial charge in [0.05, 0.1) is 22.7 Å². The molecule has 158 valence electrons. The largest absolute Gasteiger partial charge is 0.461 e. The topological polar surface area (TPSA) is 73.0 Å². The molecule has 2 heterocycles. The summed E-state index contributed by atoms with van der Waals surface area (Å²) in [5, 5.41) is 13.0. The van der Waals surface area contributed by atoms with Gasteiger partial charge in [-0.25, -0.2) is 0 Å². The first-order valence-electron chi connectivity index (χ1n) is 10.2. The number of aromatic nitrogens is 3. The summed E-state index contributed by atoms with van der Waals surface area (Å²) in [6.45, 7) is 3.92. The Morgan fingerprint density at radius 3 is 2.77 bits per heavy atom. The van der Waals surface area contributed by atoms with Gasteiger partial charge in [0.2, 0.25) is 11.7 Å². The molecule has 1 fully saturated rings. The minimum absolute atomic E-state index is 0.119. The quantitative estimate of drug-likeness (QED) is 0.469. The van der Waals surface area contributed by atoms with Gasteiger partial charge in [-0.05, 0) is 56.0 Å². The minimum Gasteiger partial charge on any atom is -0.461 e. The standard InChI is InChI=1S/C22H25ClN4O2S/c1-14-11-15(2)20(17(23)12-14)24-19(28)13-30-22-26-25-21(18-9-6-10-29-18)27(22)16-7-4-3-5-8-16/h6,9-12,16H,3-5,7-8,13H2,1-2H3,(H,24,28). The molecule has 3 aromatic rings. The van der Waals surface area contributed by atoms with Crippen molar-refractivity contribution < 1.29 is 9.21 Å². The zero-order valence-corrected chi connectivity index (χ0v) is 18.7. The van der Waals surface area contributed by atoms with Gasteiger partial charge in [-0.2, -0.15) is 0 Å². The van der Waals surface area contributed by atoms with Crippen LogP contribution in [-0.4, -0.2) is 26.4 Å². The number of hydrogen-bond acceptors (Lipinski definition) is 5. The van der Waals surface area contributed by atoms with Gasteiger partial charge >= 0.3 is 0 Å². The van der Waals surface area contributed by atoms with E-state index < -0.39 is 0 Å². The van der Waals surface area contributed by atoms with Crippen molar-refractivity contribution in [2.75, 3.05) is 11.1 Å². The highest BCUT2D eigenvalue weighted by molar-refractivity contribution is 7.99. The van der Waals surface area contributed by atoms with Gasteiger partial charge in [-0.15, -0.1) is 10.2 Å². The van der Waals surface area contributed by atoms with E-state index in [4.69, 9.17) is 16.0 Å². The molecule has 1 N–H and O–H groups in total. The summed E-state index contributed by atoms with van der Waals surface area (Å²) in [6, 6.07) is 7.93. The van der Waals surface area contributed by atoms with Gasteiger partial charge in [0.1, 0.15) is 0 Å². The average Bonchev–Trinajstić information content (AvgIpc) is 3.39. The Labute approximate surface area is 185 Å². The number of carbonyl (C=O) groups is 1. The number of hydrogen-bond donors (Lipinski definition) is 1. The molecule has 0 radical (unpaired) electrons. The molecule has 4 rings (SSSR count). The molecule has 0 bridgehead atoms. The third-order valence-corrected chi connectivity index (χ3v) is 6.62. The van der Waals surface area contributed by atoms with Crippen molar-refractivity contribution in [3.05, 3.63) is 46.7 Å². The molecule has 6 nitrogen and oxygen atoms in total. The van der Waals surface area contributed by atoms with E-state index in [-0.39, 0.29) is 11.7 Å². The number of rotatable bonds is 6. The van der Waals surface area contributed by atoms with Crippen LogP contribution in [0, 0.1) is 13.8 Å². The highest BCUT2D eigenvalue weighted by atomic mass is 35.5. The lowest BCUT2D eigenvalue weighted by Gasteiger charge is -2.25. The summed E-state index contributed by atoms with van der Waals surface area (Å²) in [6.07, 6.45) is 7.46. The Kier molecular flexibility index (Phi) is 6.49. The minimum atomic E-state index is -0.119. The number of carbonyl (C=O) groups excluding carboxylic acids is 1. The molecule has 1 aliphatic rings. The Morgan fingerprint density at radius 2 is 2.07 bits per heavy atom. The first-order valence-corrected chi connectivity index (χ1v) is 11.6. The Hall–Kier alpha value is -2.25. The SMILES string of the molecule is Cc1cc(C)c(NC(=O)CSc2nnc(-c3ccco3)n2C2CCCCC2)c(Cl)c1. The van der Waals surface area contributed by atoms with Crippen LogP contribution >= 0.6 is 23.4 Å². The van der Waals surface area contributed by atoms with Gasteiger partial charge in [0.25, 0.3) is 0 Å². The van der Waals surface area contributed by atoms with E-state index in [0.29, 0.717) is 22.5 Å². The molecular weight excluding hydrogens is 420 g/mol. The van der Waals surface area contributed by atoms with Crippen molar-refractivity contribution >= 4 is 35.0 Å². The number of furan rings is 1. The highest BCUT2D eigenvalue weighted by Gasteiger charge is 2.25. The van der Waals surface area contributed by atoms with Crippen LogP contribution in [0.4, 0.5) is 5.69 Å². The van der Waals surface area contributed by atoms with E-state index in [0.717, 1.165) is 34.9 Å². The predicted octanol–water partition coefficient (Wildman–Crippen LogP) is 6.04. The fraction of sp³-hybridized carbons (Fsp3) is 0.409. The fourth-order valence-electron chi connectivity index (χ4n) is 4.00. The van der Waals surface area contributed by atoms with Gasteiger partial charge < -0.3 is 9.73 Å². The summed E-state index contributed by atoms with van der Waals surface area (Å²) < 4.78 is 7.73. The molecule has 1 aliphatic carbocycles. The summed E-state index contributed by atoms with van der Waals surface area (Å²) in [7, 11) is 0. The van der Waals surface area contributed by atoms with Crippen molar-refractivity contribution in [1.29, 1.82) is 0 Å². The lowest BCUT2D eigenvalue weighted by molar-refractivity contribution is -0.113. The molecule has 2 aromatic heterocycles. The van der Waals surface area contributed by atoms with Crippen LogP contribution in [0.5, 0.6) is 0 Å². The maximum atomic E-state index is 12.6. The number of anilines is 1. The van der Waals surface area contributed by atoms with E-state index >= 15 is 0 Å². The van der Waals surface area contributed by atoms with Crippen molar-refractivity contribution in [2.24, 2.45) is 0 Å². The molecule has 8 heteroatoms. The van der Waals surface area contributed by atoms with E-state index in [1.165, 1.54) is 31.0 Å². The number of nitrogens with zero attached hydrogens (tertiary/aromatic N) is 3. The first-order chi connectivity index (χ1) is 14.5. The lowest BCUT2D eigenvalue weighted by Crippen LogP contribution is -2.18. The predicted molar refractivity (Wildman–Crippen MR) is 120 cm³/mol. The van der Waals surface area contributed by atoms with Crippen molar-refractivity contribution in [1.82, 2.24) is 14.8 Å². The Balaban J connectivity index is 1.51. The van der Waals surface area contributed by atoms with Crippen molar-refractivity contribution in [3.63, 3.8) is 0 Å². The molecule has 0 aliphatic heterocycles. The van der Waals surface area contributed by atoms with Crippen molar-refractivity contribution in [2.45, 2.75) is 57.1 Å². The van der Waals surface area contributed by atoms with Crippen LogP contribution in [0.2, 0.25) is 5.02 Å². The number of thioether (sulfide) groups is 1. The molecule has 0 saturated heterocycles. The Morgan fingerprint density at radius 1 is 1.27 bits per heavy atom. The van der Waals surface area contributed by atoms with E-state index in [9.17, 15) is 4.79 Å². The lowest BCUT2D eigenvalue weighted by atomic mass is 9.95. The van der Waals surface area contributed by atoms with Crippen LogP contribution < -0.4 is 5.32 Å². The second-order valence-electron chi connectivity index (χ2n) is 7.72. The van der Waals surface area contributed by atoms with E-state index in [1.807, 2.05) is 38.1 Å². The average molecular weight is 445 g/mol. The smallest absolute Gasteiger partial charge is 0.234 e. The normalized spacial score (nSPS) is 14.8. The zero-order valence-electron chi connectivity index (χ0n) is 17.2. The van der Waals surface area contributed by atoms with Gasteiger partial charge in [0.15, 0.2) is 10.9 Å². The van der Waals surface area contributed by atoms with Crippen LogP contribution in [0.3, 0.4) is 0 Å². The van der Waals surface area contributed by atoms with Crippen LogP contribution in [0.15, 0.2) is 40.1 Å².